The molecule has 0 saturated heterocycles. The van der Waals surface area contributed by atoms with Crippen molar-refractivity contribution < 1.29 is 39.9 Å². The summed E-state index contributed by atoms with van der Waals surface area (Å²) in [6.07, 6.45) is -3.44. The number of ether oxygens (including phenoxy) is 1. The van der Waals surface area contributed by atoms with Gasteiger partial charge in [-0.1, -0.05) is 0 Å². The molecule has 1 aliphatic rings. The van der Waals surface area contributed by atoms with Crippen LogP contribution < -0.4 is 5.32 Å². The minimum absolute atomic E-state index is 0.482. The van der Waals surface area contributed by atoms with Crippen molar-refractivity contribution in [1.82, 2.24) is 5.32 Å². The van der Waals surface area contributed by atoms with Gasteiger partial charge in [0, 0.05) is 12.8 Å². The van der Waals surface area contributed by atoms with Crippen molar-refractivity contribution in [3.63, 3.8) is 0 Å². The van der Waals surface area contributed by atoms with Crippen LogP contribution in [0.4, 0.5) is 0 Å². The SMILES string of the molecule is CC(=O)N[C@H]1[C@H]([C@H](O)[C@H](O)CO)OC(C(=O)O)=C[C@@H]1CO. The molecule has 6 N–H and O–H groups in total. The topological polar surface area (TPSA) is 157 Å². The summed E-state index contributed by atoms with van der Waals surface area (Å²) in [4.78, 5) is 22.2. The maximum absolute atomic E-state index is 11.2. The van der Waals surface area contributed by atoms with Gasteiger partial charge in [0.05, 0.1) is 19.3 Å². The smallest absolute Gasteiger partial charge is 0.370 e. The Morgan fingerprint density at radius 1 is 1.38 bits per heavy atom. The van der Waals surface area contributed by atoms with Gasteiger partial charge in [0.25, 0.3) is 0 Å². The molecule has 9 nitrogen and oxygen atoms in total. The first kappa shape index (κ1) is 17.4. The Balaban J connectivity index is 3.12. The van der Waals surface area contributed by atoms with Crippen LogP contribution >= 0.6 is 0 Å². The van der Waals surface area contributed by atoms with Crippen LogP contribution in [0, 0.1) is 5.92 Å². The number of carboxylic acids is 1. The number of carbonyl (C=O) groups is 2. The van der Waals surface area contributed by atoms with Crippen molar-refractivity contribution in [1.29, 1.82) is 0 Å². The lowest BCUT2D eigenvalue weighted by molar-refractivity contribution is -0.147. The predicted octanol–water partition coefficient (Wildman–Crippen LogP) is -2.82. The monoisotopic (exact) mass is 305 g/mol. The zero-order valence-corrected chi connectivity index (χ0v) is 11.3. The van der Waals surface area contributed by atoms with Crippen LogP contribution in [0.15, 0.2) is 11.8 Å². The molecule has 5 atom stereocenters. The first-order valence-electron chi connectivity index (χ1n) is 6.28. The van der Waals surface area contributed by atoms with E-state index in [1.54, 1.807) is 0 Å². The van der Waals surface area contributed by atoms with Crippen molar-refractivity contribution in [3.05, 3.63) is 11.8 Å². The molecule has 0 radical (unpaired) electrons. The average Bonchev–Trinajstić information content (AvgIpc) is 2.44. The summed E-state index contributed by atoms with van der Waals surface area (Å²) in [5.41, 5.74) is 0. The van der Waals surface area contributed by atoms with E-state index in [4.69, 9.17) is 14.9 Å². The number of aliphatic hydroxyl groups is 4. The van der Waals surface area contributed by atoms with Crippen LogP contribution in [0.2, 0.25) is 0 Å². The van der Waals surface area contributed by atoms with Crippen molar-refractivity contribution in [2.24, 2.45) is 5.92 Å². The van der Waals surface area contributed by atoms with Gasteiger partial charge in [0.1, 0.15) is 18.3 Å². The molecule has 0 fully saturated rings. The molecule has 0 saturated carbocycles. The van der Waals surface area contributed by atoms with E-state index in [9.17, 15) is 24.9 Å². The highest BCUT2D eigenvalue weighted by atomic mass is 16.5. The van der Waals surface area contributed by atoms with Gasteiger partial charge in [-0.05, 0) is 6.08 Å². The molecule has 0 unspecified atom stereocenters. The van der Waals surface area contributed by atoms with E-state index >= 15 is 0 Å². The van der Waals surface area contributed by atoms with Crippen molar-refractivity contribution in [2.75, 3.05) is 13.2 Å². The fourth-order valence-electron chi connectivity index (χ4n) is 2.12. The van der Waals surface area contributed by atoms with E-state index in [0.717, 1.165) is 6.08 Å². The lowest BCUT2D eigenvalue weighted by atomic mass is 9.87. The molecule has 1 aliphatic heterocycles. The highest BCUT2D eigenvalue weighted by molar-refractivity contribution is 5.84. The Hall–Kier alpha value is -1.68. The second-order valence-corrected chi connectivity index (χ2v) is 4.73. The fourth-order valence-corrected chi connectivity index (χ4v) is 2.12. The number of carbonyl (C=O) groups excluding carboxylic acids is 1. The standard InChI is InChI=1S/C12H19NO8/c1-5(16)13-9-6(3-14)2-8(12(19)20)21-11(9)10(18)7(17)4-15/h2,6-7,9-11,14-15,17-18H,3-4H2,1H3,(H,13,16)(H,19,20)/t6-,7-,9-,10-,11-/m1/s1. The summed E-state index contributed by atoms with van der Waals surface area (Å²) < 4.78 is 5.09. The summed E-state index contributed by atoms with van der Waals surface area (Å²) in [5.74, 6) is -3.22. The van der Waals surface area contributed by atoms with Gasteiger partial charge in [-0.3, -0.25) is 4.79 Å². The van der Waals surface area contributed by atoms with Gasteiger partial charge in [-0.15, -0.1) is 0 Å². The zero-order chi connectivity index (χ0) is 16.2. The quantitative estimate of drug-likeness (QED) is 0.307. The van der Waals surface area contributed by atoms with Crippen LogP contribution in [0.5, 0.6) is 0 Å². The number of nitrogens with one attached hydrogen (secondary N) is 1. The molecule has 0 bridgehead atoms. The molecule has 0 aromatic heterocycles. The fraction of sp³-hybridized carbons (Fsp3) is 0.667. The molecule has 0 aromatic rings. The summed E-state index contributed by atoms with van der Waals surface area (Å²) in [6, 6.07) is -0.952. The number of rotatable bonds is 6. The second kappa shape index (κ2) is 7.36. The number of aliphatic hydroxyl groups excluding tert-OH is 4. The number of carboxylic acid groups (broad SMARTS) is 1. The molecule has 21 heavy (non-hydrogen) atoms. The second-order valence-electron chi connectivity index (χ2n) is 4.73. The molecule has 1 amide bonds. The zero-order valence-electron chi connectivity index (χ0n) is 11.3. The van der Waals surface area contributed by atoms with Crippen molar-refractivity contribution in [3.8, 4) is 0 Å². The van der Waals surface area contributed by atoms with Crippen LogP contribution in [0.3, 0.4) is 0 Å². The van der Waals surface area contributed by atoms with Crippen LogP contribution in [-0.2, 0) is 14.3 Å². The molecular formula is C12H19NO8. The van der Waals surface area contributed by atoms with Gasteiger partial charge in [-0.25, -0.2) is 4.79 Å². The largest absolute Gasteiger partial charge is 0.478 e. The Morgan fingerprint density at radius 2 is 2.00 bits per heavy atom. The summed E-state index contributed by atoms with van der Waals surface area (Å²) in [7, 11) is 0. The van der Waals surface area contributed by atoms with Crippen molar-refractivity contribution >= 4 is 11.9 Å². The highest BCUT2D eigenvalue weighted by Crippen LogP contribution is 2.26. The Morgan fingerprint density at radius 3 is 2.43 bits per heavy atom. The van der Waals surface area contributed by atoms with Gasteiger partial charge >= 0.3 is 5.97 Å². The number of hydrogen-bond acceptors (Lipinski definition) is 7. The van der Waals surface area contributed by atoms with Gasteiger partial charge in [0.2, 0.25) is 11.7 Å². The van der Waals surface area contributed by atoms with E-state index in [1.807, 2.05) is 0 Å². The molecule has 120 valence electrons. The molecule has 0 aromatic carbocycles. The molecular weight excluding hydrogens is 286 g/mol. The van der Waals surface area contributed by atoms with Crippen LogP contribution in [-0.4, -0.2) is 75.0 Å². The molecule has 1 heterocycles. The molecule has 0 aliphatic carbocycles. The molecule has 1 rings (SSSR count). The number of amides is 1. The van der Waals surface area contributed by atoms with E-state index in [2.05, 4.69) is 5.32 Å². The maximum Gasteiger partial charge on any atom is 0.370 e. The first-order chi connectivity index (χ1) is 9.81. The van der Waals surface area contributed by atoms with E-state index < -0.39 is 61.1 Å². The van der Waals surface area contributed by atoms with Gasteiger partial charge < -0.3 is 35.6 Å². The minimum atomic E-state index is -1.65. The third-order valence-electron chi connectivity index (χ3n) is 3.15. The number of aliphatic carboxylic acids is 1. The van der Waals surface area contributed by atoms with Gasteiger partial charge in [-0.2, -0.15) is 0 Å². The van der Waals surface area contributed by atoms with E-state index in [1.165, 1.54) is 6.92 Å². The Bertz CT molecular complexity index is 423. The molecule has 0 spiro atoms. The molecule has 9 heteroatoms. The van der Waals surface area contributed by atoms with Gasteiger partial charge in [0.15, 0.2) is 0 Å². The normalized spacial score (nSPS) is 28.0. The third-order valence-corrected chi connectivity index (χ3v) is 3.15. The predicted molar refractivity (Wildman–Crippen MR) is 67.9 cm³/mol. The average molecular weight is 305 g/mol. The summed E-state index contributed by atoms with van der Waals surface area (Å²) in [5, 5.41) is 49.0. The third kappa shape index (κ3) is 4.14. The Labute approximate surface area is 120 Å². The summed E-state index contributed by atoms with van der Waals surface area (Å²) >= 11 is 0. The van der Waals surface area contributed by atoms with Crippen molar-refractivity contribution in [2.45, 2.75) is 31.3 Å². The van der Waals surface area contributed by atoms with Crippen LogP contribution in [0.25, 0.3) is 0 Å². The first-order valence-corrected chi connectivity index (χ1v) is 6.28. The highest BCUT2D eigenvalue weighted by Gasteiger charge is 2.43. The van der Waals surface area contributed by atoms with E-state index in [-0.39, 0.29) is 0 Å². The lowest BCUT2D eigenvalue weighted by Crippen LogP contribution is -2.58. The maximum atomic E-state index is 11.2. The summed E-state index contributed by atoms with van der Waals surface area (Å²) in [6.45, 7) is -0.0654. The van der Waals surface area contributed by atoms with Crippen LogP contribution in [0.1, 0.15) is 6.92 Å². The lowest BCUT2D eigenvalue weighted by Gasteiger charge is -2.39. The Kier molecular flexibility index (Phi) is 6.09. The minimum Gasteiger partial charge on any atom is -0.478 e. The number of hydrogen-bond donors (Lipinski definition) is 6. The van der Waals surface area contributed by atoms with E-state index in [0.29, 0.717) is 0 Å².